The van der Waals surface area contributed by atoms with Gasteiger partial charge in [-0.25, -0.2) is 0 Å². The summed E-state index contributed by atoms with van der Waals surface area (Å²) in [7, 11) is 0. The highest BCUT2D eigenvalue weighted by Crippen LogP contribution is 2.54. The molecule has 0 saturated heterocycles. The molecule has 10 aromatic carbocycles. The van der Waals surface area contributed by atoms with Gasteiger partial charge < -0.3 is 9.80 Å². The van der Waals surface area contributed by atoms with Crippen LogP contribution in [-0.2, 0) is 0 Å². The Bertz CT molecular complexity index is 3270. The molecule has 2 heteroatoms. The second-order valence-electron chi connectivity index (χ2n) is 20.7. The van der Waals surface area contributed by atoms with Crippen LogP contribution in [0.1, 0.15) is 109 Å². The van der Waals surface area contributed by atoms with Crippen molar-refractivity contribution in [1.82, 2.24) is 0 Å². The minimum absolute atomic E-state index is 0.499. The summed E-state index contributed by atoms with van der Waals surface area (Å²) in [6.45, 7) is 9.06. The van der Waals surface area contributed by atoms with Crippen LogP contribution in [0.25, 0.3) is 54.6 Å². The van der Waals surface area contributed by atoms with E-state index in [-0.39, 0.29) is 0 Å². The van der Waals surface area contributed by atoms with Crippen LogP contribution in [0.5, 0.6) is 0 Å². The Morgan fingerprint density at radius 3 is 1.09 bits per heavy atom. The molecule has 2 saturated carbocycles. The molecule has 2 aliphatic rings. The standard InChI is InChI=1S/C68H64N2/c1-45-21-17-19-31-55(45)51-35-33-47(3)63(41-51)69(53-27-13-7-14-28-53)65-43-61(49-23-9-5-10-24-49)57-38-40-60-66(44-62(50-25-11-6-12-26-50)58-37-39-59(65)67(57)68(58)60)70(54-29-15-8-16-30-54)64-42-52(36-34-48(64)4)56-32-20-18-22-46(56)2/h7-8,13-22,27-44,49-50H,5-6,9-12,23-26H2,1-4H3. The Labute approximate surface area is 415 Å². The summed E-state index contributed by atoms with van der Waals surface area (Å²) in [5, 5.41) is 8.31. The lowest BCUT2D eigenvalue weighted by Gasteiger charge is -2.34. The van der Waals surface area contributed by atoms with Gasteiger partial charge in [0.25, 0.3) is 0 Å². The SMILES string of the molecule is Cc1ccccc1-c1ccc(C)c(N(c2ccccc2)c2cc(C3CCCCC3)c3ccc4c(N(c5ccccc5)c5cc(-c6ccccc6C)ccc5C)cc(C5CCCCC5)c5ccc2c3c54)c1. The van der Waals surface area contributed by atoms with Crippen LogP contribution in [-0.4, -0.2) is 0 Å². The van der Waals surface area contributed by atoms with Crippen LogP contribution in [0.15, 0.2) is 182 Å². The first kappa shape index (κ1) is 44.1. The Kier molecular flexibility index (Phi) is 11.7. The van der Waals surface area contributed by atoms with E-state index >= 15 is 0 Å². The van der Waals surface area contributed by atoms with Crippen molar-refractivity contribution in [3.63, 3.8) is 0 Å². The fourth-order valence-corrected chi connectivity index (χ4v) is 12.7. The van der Waals surface area contributed by atoms with E-state index < -0.39 is 0 Å². The summed E-state index contributed by atoms with van der Waals surface area (Å²) in [4.78, 5) is 5.21. The lowest BCUT2D eigenvalue weighted by molar-refractivity contribution is 0.445. The third kappa shape index (κ3) is 7.83. The molecule has 2 aliphatic carbocycles. The van der Waals surface area contributed by atoms with Crippen molar-refractivity contribution in [2.24, 2.45) is 0 Å². The molecular weight excluding hydrogens is 845 g/mol. The average molecular weight is 909 g/mol. The van der Waals surface area contributed by atoms with Gasteiger partial charge in [0.05, 0.1) is 11.4 Å². The summed E-state index contributed by atoms with van der Waals surface area (Å²) in [6.07, 6.45) is 12.7. The first-order valence-corrected chi connectivity index (χ1v) is 26.2. The van der Waals surface area contributed by atoms with Gasteiger partial charge in [-0.15, -0.1) is 0 Å². The molecule has 0 spiro atoms. The fourth-order valence-electron chi connectivity index (χ4n) is 12.7. The Balaban J connectivity index is 1.19. The minimum atomic E-state index is 0.499. The zero-order valence-corrected chi connectivity index (χ0v) is 41.4. The van der Waals surface area contributed by atoms with E-state index in [2.05, 4.69) is 219 Å². The van der Waals surface area contributed by atoms with Crippen molar-refractivity contribution in [2.45, 2.75) is 104 Å². The van der Waals surface area contributed by atoms with E-state index in [1.54, 1.807) is 0 Å². The maximum Gasteiger partial charge on any atom is 0.0543 e. The van der Waals surface area contributed by atoms with Crippen molar-refractivity contribution in [2.75, 3.05) is 9.80 Å². The van der Waals surface area contributed by atoms with E-state index in [9.17, 15) is 0 Å². The molecular formula is C68H64N2. The minimum Gasteiger partial charge on any atom is -0.310 e. The number of rotatable bonds is 10. The van der Waals surface area contributed by atoms with Gasteiger partial charge in [0, 0.05) is 33.5 Å². The van der Waals surface area contributed by atoms with Crippen molar-refractivity contribution in [1.29, 1.82) is 0 Å². The third-order valence-corrected chi connectivity index (χ3v) is 16.3. The topological polar surface area (TPSA) is 6.48 Å². The molecule has 70 heavy (non-hydrogen) atoms. The summed E-state index contributed by atoms with van der Waals surface area (Å²) < 4.78 is 0. The van der Waals surface area contributed by atoms with Crippen LogP contribution < -0.4 is 9.80 Å². The van der Waals surface area contributed by atoms with Crippen LogP contribution in [0.2, 0.25) is 0 Å². The monoisotopic (exact) mass is 909 g/mol. The van der Waals surface area contributed by atoms with E-state index in [0.717, 1.165) is 0 Å². The summed E-state index contributed by atoms with van der Waals surface area (Å²) in [5.41, 5.74) is 20.5. The molecule has 0 aliphatic heterocycles. The Morgan fingerprint density at radius 1 is 0.314 bits per heavy atom. The zero-order chi connectivity index (χ0) is 47.3. The van der Waals surface area contributed by atoms with Gasteiger partial charge in [-0.3, -0.25) is 0 Å². The smallest absolute Gasteiger partial charge is 0.0543 e. The van der Waals surface area contributed by atoms with Crippen molar-refractivity contribution in [3.05, 3.63) is 215 Å². The molecule has 2 fully saturated rings. The lowest BCUT2D eigenvalue weighted by Crippen LogP contribution is -2.15. The van der Waals surface area contributed by atoms with E-state index in [4.69, 9.17) is 0 Å². The molecule has 2 nitrogen and oxygen atoms in total. The molecule has 0 radical (unpaired) electrons. The van der Waals surface area contributed by atoms with Gasteiger partial charge in [0.2, 0.25) is 0 Å². The van der Waals surface area contributed by atoms with Crippen molar-refractivity contribution in [3.8, 4) is 22.3 Å². The molecule has 12 rings (SSSR count). The fraction of sp³-hybridized carbons (Fsp3) is 0.235. The molecule has 0 aromatic heterocycles. The van der Waals surface area contributed by atoms with Gasteiger partial charge in [-0.2, -0.15) is 0 Å². The Hall–Kier alpha value is -7.16. The van der Waals surface area contributed by atoms with E-state index in [1.165, 1.54) is 186 Å². The summed E-state index contributed by atoms with van der Waals surface area (Å²) in [5.74, 6) is 0.998. The maximum atomic E-state index is 2.63. The molecule has 0 N–H and O–H groups in total. The number of hydrogen-bond acceptors (Lipinski definition) is 2. The number of nitrogens with zero attached hydrogens (tertiary/aromatic N) is 2. The number of para-hydroxylation sites is 2. The number of aryl methyl sites for hydroxylation is 4. The predicted molar refractivity (Wildman–Crippen MR) is 301 cm³/mol. The molecule has 0 atom stereocenters. The van der Waals surface area contributed by atoms with Gasteiger partial charge >= 0.3 is 0 Å². The van der Waals surface area contributed by atoms with Gasteiger partial charge in [-0.05, 0) is 191 Å². The lowest BCUT2D eigenvalue weighted by atomic mass is 9.77. The molecule has 10 aromatic rings. The van der Waals surface area contributed by atoms with Crippen LogP contribution in [0, 0.1) is 27.7 Å². The van der Waals surface area contributed by atoms with Gasteiger partial charge in [-0.1, -0.05) is 172 Å². The van der Waals surface area contributed by atoms with Crippen LogP contribution in [0.4, 0.5) is 34.1 Å². The Morgan fingerprint density at radius 2 is 0.686 bits per heavy atom. The number of benzene rings is 10. The molecule has 0 unspecified atom stereocenters. The predicted octanol–water partition coefficient (Wildman–Crippen LogP) is 20.2. The highest BCUT2D eigenvalue weighted by atomic mass is 15.2. The first-order chi connectivity index (χ1) is 34.4. The second-order valence-corrected chi connectivity index (χ2v) is 20.7. The van der Waals surface area contributed by atoms with Gasteiger partial charge in [0.1, 0.15) is 0 Å². The molecule has 0 heterocycles. The average Bonchev–Trinajstić information content (AvgIpc) is 3.41. The third-order valence-electron chi connectivity index (χ3n) is 16.3. The maximum absolute atomic E-state index is 2.63. The number of anilines is 6. The highest BCUT2D eigenvalue weighted by molar-refractivity contribution is 6.29. The molecule has 346 valence electrons. The largest absolute Gasteiger partial charge is 0.310 e. The van der Waals surface area contributed by atoms with Gasteiger partial charge in [0.15, 0.2) is 0 Å². The molecule has 0 bridgehead atoms. The normalized spacial score (nSPS) is 14.7. The quantitative estimate of drug-likeness (QED) is 0.126. The zero-order valence-electron chi connectivity index (χ0n) is 41.4. The second kappa shape index (κ2) is 18.6. The van der Waals surface area contributed by atoms with Crippen molar-refractivity contribution >= 4 is 66.4 Å². The number of hydrogen-bond donors (Lipinski definition) is 0. The highest BCUT2D eigenvalue weighted by Gasteiger charge is 2.30. The summed E-state index contributed by atoms with van der Waals surface area (Å²) >= 11 is 0. The first-order valence-electron chi connectivity index (χ1n) is 26.2. The molecule has 0 amide bonds. The van der Waals surface area contributed by atoms with Crippen molar-refractivity contribution < 1.29 is 0 Å². The van der Waals surface area contributed by atoms with E-state index in [1.807, 2.05) is 0 Å². The summed E-state index contributed by atoms with van der Waals surface area (Å²) in [6, 6.07) is 69.6. The van der Waals surface area contributed by atoms with Crippen LogP contribution in [0.3, 0.4) is 0 Å². The van der Waals surface area contributed by atoms with E-state index in [0.29, 0.717) is 11.8 Å². The van der Waals surface area contributed by atoms with Crippen LogP contribution >= 0.6 is 0 Å².